The van der Waals surface area contributed by atoms with E-state index in [4.69, 9.17) is 10.5 Å². The number of hydrogen-bond acceptors (Lipinski definition) is 3. The van der Waals surface area contributed by atoms with E-state index >= 15 is 0 Å². The Morgan fingerprint density at radius 3 is 2.42 bits per heavy atom. The zero-order valence-corrected chi connectivity index (χ0v) is 11.3. The lowest BCUT2D eigenvalue weighted by Gasteiger charge is -2.14. The Labute approximate surface area is 112 Å². The molecule has 0 aromatic heterocycles. The summed E-state index contributed by atoms with van der Waals surface area (Å²) in [6.07, 6.45) is 0. The predicted octanol–water partition coefficient (Wildman–Crippen LogP) is 3.78. The average Bonchev–Trinajstić information content (AvgIpc) is 2.36. The molecule has 3 nitrogen and oxygen atoms in total. The molecule has 0 saturated carbocycles. The van der Waals surface area contributed by atoms with Gasteiger partial charge in [0.15, 0.2) is 0 Å². The molecule has 0 atom stereocenters. The van der Waals surface area contributed by atoms with Crippen LogP contribution in [0.5, 0.6) is 5.75 Å². The highest BCUT2D eigenvalue weighted by molar-refractivity contribution is 5.74. The fourth-order valence-corrected chi connectivity index (χ4v) is 1.94. The minimum absolute atomic E-state index is 0.342. The highest BCUT2D eigenvalue weighted by Crippen LogP contribution is 2.30. The van der Waals surface area contributed by atoms with Gasteiger partial charge >= 0.3 is 0 Å². The van der Waals surface area contributed by atoms with E-state index in [1.54, 1.807) is 13.2 Å². The highest BCUT2D eigenvalue weighted by atomic mass is 19.1. The van der Waals surface area contributed by atoms with Gasteiger partial charge in [0.2, 0.25) is 0 Å². The van der Waals surface area contributed by atoms with Gasteiger partial charge in [-0.05, 0) is 55.3 Å². The normalized spacial score (nSPS) is 10.3. The van der Waals surface area contributed by atoms with Crippen LogP contribution in [-0.4, -0.2) is 7.11 Å². The van der Waals surface area contributed by atoms with Crippen LogP contribution >= 0.6 is 0 Å². The van der Waals surface area contributed by atoms with Crippen LogP contribution in [0.15, 0.2) is 30.3 Å². The van der Waals surface area contributed by atoms with Crippen molar-refractivity contribution >= 4 is 17.1 Å². The van der Waals surface area contributed by atoms with Crippen molar-refractivity contribution in [1.29, 1.82) is 0 Å². The van der Waals surface area contributed by atoms with Gasteiger partial charge in [-0.2, -0.15) is 0 Å². The standard InChI is InChI=1S/C15H17FN2O/c1-9-7-15(19-3)10(2)6-14(9)18-13-5-4-11(16)8-12(13)17/h4-8,18H,17H2,1-3H3. The molecule has 2 rings (SSSR count). The molecule has 0 bridgehead atoms. The molecular formula is C15H17FN2O. The van der Waals surface area contributed by atoms with Crippen molar-refractivity contribution in [3.63, 3.8) is 0 Å². The fourth-order valence-electron chi connectivity index (χ4n) is 1.94. The number of nitrogen functional groups attached to an aromatic ring is 1. The smallest absolute Gasteiger partial charge is 0.125 e. The molecule has 3 N–H and O–H groups in total. The van der Waals surface area contributed by atoms with E-state index in [0.717, 1.165) is 22.6 Å². The molecule has 0 spiro atoms. The van der Waals surface area contributed by atoms with Gasteiger partial charge in [0.25, 0.3) is 0 Å². The lowest BCUT2D eigenvalue weighted by atomic mass is 10.1. The van der Waals surface area contributed by atoms with Gasteiger partial charge in [-0.1, -0.05) is 0 Å². The predicted molar refractivity (Wildman–Crippen MR) is 76.6 cm³/mol. The van der Waals surface area contributed by atoms with E-state index in [0.29, 0.717) is 11.4 Å². The van der Waals surface area contributed by atoms with Crippen LogP contribution in [0.1, 0.15) is 11.1 Å². The largest absolute Gasteiger partial charge is 0.496 e. The van der Waals surface area contributed by atoms with Gasteiger partial charge in [-0.3, -0.25) is 0 Å². The minimum Gasteiger partial charge on any atom is -0.496 e. The van der Waals surface area contributed by atoms with Crippen LogP contribution in [0.2, 0.25) is 0 Å². The van der Waals surface area contributed by atoms with E-state index in [1.165, 1.54) is 12.1 Å². The summed E-state index contributed by atoms with van der Waals surface area (Å²) in [6, 6.07) is 8.25. The number of methoxy groups -OCH3 is 1. The molecule has 0 aliphatic carbocycles. The maximum atomic E-state index is 13.0. The molecule has 2 aromatic carbocycles. The number of hydrogen-bond donors (Lipinski definition) is 2. The number of benzene rings is 2. The molecule has 0 saturated heterocycles. The molecule has 0 radical (unpaired) electrons. The molecule has 0 heterocycles. The molecule has 0 unspecified atom stereocenters. The number of anilines is 3. The van der Waals surface area contributed by atoms with Gasteiger partial charge in [-0.25, -0.2) is 4.39 Å². The third-order valence-electron chi connectivity index (χ3n) is 3.02. The van der Waals surface area contributed by atoms with Crippen LogP contribution in [-0.2, 0) is 0 Å². The summed E-state index contributed by atoms with van der Waals surface area (Å²) in [5.41, 5.74) is 9.84. The first-order valence-corrected chi connectivity index (χ1v) is 5.98. The summed E-state index contributed by atoms with van der Waals surface area (Å²) in [5.74, 6) is 0.501. The van der Waals surface area contributed by atoms with Gasteiger partial charge in [0.05, 0.1) is 18.5 Å². The van der Waals surface area contributed by atoms with E-state index in [9.17, 15) is 4.39 Å². The number of aryl methyl sites for hydroxylation is 2. The number of nitrogens with two attached hydrogens (primary N) is 1. The lowest BCUT2D eigenvalue weighted by Crippen LogP contribution is -1.99. The Bertz CT molecular complexity index is 611. The van der Waals surface area contributed by atoms with Crippen LogP contribution in [0, 0.1) is 19.7 Å². The first-order valence-electron chi connectivity index (χ1n) is 5.98. The highest BCUT2D eigenvalue weighted by Gasteiger charge is 2.07. The van der Waals surface area contributed by atoms with Crippen molar-refractivity contribution in [1.82, 2.24) is 0 Å². The first-order chi connectivity index (χ1) is 9.01. The summed E-state index contributed by atoms with van der Waals surface area (Å²) in [4.78, 5) is 0. The van der Waals surface area contributed by atoms with E-state index in [2.05, 4.69) is 5.32 Å². The molecule has 0 aliphatic rings. The van der Waals surface area contributed by atoms with Gasteiger partial charge in [0.1, 0.15) is 11.6 Å². The Hall–Kier alpha value is -2.23. The van der Waals surface area contributed by atoms with Gasteiger partial charge in [-0.15, -0.1) is 0 Å². The van der Waals surface area contributed by atoms with Crippen LogP contribution in [0.3, 0.4) is 0 Å². The van der Waals surface area contributed by atoms with E-state index in [-0.39, 0.29) is 5.82 Å². The van der Waals surface area contributed by atoms with Crippen molar-refractivity contribution in [3.8, 4) is 5.75 Å². The molecule has 0 aliphatic heterocycles. The molecule has 2 aromatic rings. The zero-order valence-electron chi connectivity index (χ0n) is 11.3. The summed E-state index contributed by atoms with van der Waals surface area (Å²) in [7, 11) is 1.65. The average molecular weight is 260 g/mol. The SMILES string of the molecule is COc1cc(C)c(Nc2ccc(F)cc2N)cc1C. The molecule has 4 heteroatoms. The molecule has 19 heavy (non-hydrogen) atoms. The molecule has 0 amide bonds. The Kier molecular flexibility index (Phi) is 3.60. The second-order valence-electron chi connectivity index (χ2n) is 4.49. The maximum absolute atomic E-state index is 13.0. The lowest BCUT2D eigenvalue weighted by molar-refractivity contribution is 0.411. The van der Waals surface area contributed by atoms with E-state index < -0.39 is 0 Å². The Morgan fingerprint density at radius 2 is 1.79 bits per heavy atom. The van der Waals surface area contributed by atoms with Crippen molar-refractivity contribution < 1.29 is 9.13 Å². The Morgan fingerprint density at radius 1 is 1.05 bits per heavy atom. The zero-order chi connectivity index (χ0) is 14.0. The third kappa shape index (κ3) is 2.78. The summed E-state index contributed by atoms with van der Waals surface area (Å²) in [6.45, 7) is 3.95. The van der Waals surface area contributed by atoms with Gasteiger partial charge < -0.3 is 15.8 Å². The second-order valence-corrected chi connectivity index (χ2v) is 4.49. The minimum atomic E-state index is -0.342. The summed E-state index contributed by atoms with van der Waals surface area (Å²) < 4.78 is 18.3. The Balaban J connectivity index is 2.35. The fraction of sp³-hybridized carbons (Fsp3) is 0.200. The molecule has 100 valence electrons. The number of rotatable bonds is 3. The second kappa shape index (κ2) is 5.18. The number of ether oxygens (including phenoxy) is 1. The van der Waals surface area contributed by atoms with Crippen molar-refractivity contribution in [2.24, 2.45) is 0 Å². The van der Waals surface area contributed by atoms with Crippen LogP contribution in [0.25, 0.3) is 0 Å². The van der Waals surface area contributed by atoms with Gasteiger partial charge in [0, 0.05) is 5.69 Å². The number of nitrogens with one attached hydrogen (secondary N) is 1. The van der Waals surface area contributed by atoms with Crippen molar-refractivity contribution in [2.45, 2.75) is 13.8 Å². The summed E-state index contributed by atoms with van der Waals surface area (Å²) >= 11 is 0. The van der Waals surface area contributed by atoms with Crippen LogP contribution in [0.4, 0.5) is 21.5 Å². The molecular weight excluding hydrogens is 243 g/mol. The number of halogens is 1. The first kappa shape index (κ1) is 13.2. The quantitative estimate of drug-likeness (QED) is 0.826. The molecule has 0 fully saturated rings. The van der Waals surface area contributed by atoms with Crippen molar-refractivity contribution in [3.05, 3.63) is 47.3 Å². The van der Waals surface area contributed by atoms with Crippen LogP contribution < -0.4 is 15.8 Å². The monoisotopic (exact) mass is 260 g/mol. The van der Waals surface area contributed by atoms with E-state index in [1.807, 2.05) is 26.0 Å². The topological polar surface area (TPSA) is 47.3 Å². The van der Waals surface area contributed by atoms with Crippen molar-refractivity contribution in [2.75, 3.05) is 18.2 Å². The summed E-state index contributed by atoms with van der Waals surface area (Å²) in [5, 5.41) is 3.21. The third-order valence-corrected chi connectivity index (χ3v) is 3.02. The maximum Gasteiger partial charge on any atom is 0.125 e.